The van der Waals surface area contributed by atoms with Crippen LogP contribution in [0.3, 0.4) is 0 Å². The summed E-state index contributed by atoms with van der Waals surface area (Å²) in [6.45, 7) is 8.67. The van der Waals surface area contributed by atoms with E-state index in [-0.39, 0.29) is 30.3 Å². The van der Waals surface area contributed by atoms with Crippen molar-refractivity contribution in [3.63, 3.8) is 0 Å². The minimum absolute atomic E-state index is 0.0684. The summed E-state index contributed by atoms with van der Waals surface area (Å²) in [5.74, 6) is -0.924. The monoisotopic (exact) mass is 497 g/mol. The standard InChI is InChI=1S/C25H28FN3O5Si/c1-5-33-23-9-7-16-18(27-23)10-11-29(25(32)20-14-22(31)28-34-20)24(16)19(30)13-15-6-8-21(17(26)12-15)35(2,3)4/h6-9,12,14,24H,5,10-11,13H2,1-4H3,(H,28,31)/t24-/m0/s1. The van der Waals surface area contributed by atoms with Crippen LogP contribution in [0.2, 0.25) is 19.6 Å². The lowest BCUT2D eigenvalue weighted by Gasteiger charge is -2.35. The van der Waals surface area contributed by atoms with Crippen molar-refractivity contribution in [1.29, 1.82) is 0 Å². The maximum absolute atomic E-state index is 14.8. The second-order valence-corrected chi connectivity index (χ2v) is 14.6. The fourth-order valence-electron chi connectivity index (χ4n) is 4.36. The number of hydrogen-bond donors (Lipinski definition) is 1. The summed E-state index contributed by atoms with van der Waals surface area (Å²) in [4.78, 5) is 44.2. The van der Waals surface area contributed by atoms with Crippen LogP contribution in [0.1, 0.15) is 40.3 Å². The summed E-state index contributed by atoms with van der Waals surface area (Å²) in [5.41, 5.74) is 1.22. The van der Waals surface area contributed by atoms with Crippen molar-refractivity contribution in [1.82, 2.24) is 15.0 Å². The fraction of sp³-hybridized carbons (Fsp3) is 0.360. The number of rotatable bonds is 7. The Hall–Kier alpha value is -3.53. The molecule has 184 valence electrons. The number of halogens is 1. The molecule has 1 amide bonds. The predicted octanol–water partition coefficient (Wildman–Crippen LogP) is 3.00. The van der Waals surface area contributed by atoms with Crippen molar-refractivity contribution in [2.24, 2.45) is 0 Å². The van der Waals surface area contributed by atoms with Gasteiger partial charge in [-0.05, 0) is 29.8 Å². The van der Waals surface area contributed by atoms with Gasteiger partial charge < -0.3 is 14.2 Å². The molecule has 0 unspecified atom stereocenters. The first-order valence-electron chi connectivity index (χ1n) is 11.5. The van der Waals surface area contributed by atoms with E-state index in [0.717, 1.165) is 6.07 Å². The Labute approximate surface area is 203 Å². The van der Waals surface area contributed by atoms with Crippen molar-refractivity contribution in [3.05, 3.63) is 75.2 Å². The van der Waals surface area contributed by atoms with E-state index < -0.39 is 25.6 Å². The first kappa shape index (κ1) is 24.6. The first-order chi connectivity index (χ1) is 16.6. The summed E-state index contributed by atoms with van der Waals surface area (Å²) in [5, 5.41) is 2.80. The lowest BCUT2D eigenvalue weighted by atomic mass is 9.90. The fourth-order valence-corrected chi connectivity index (χ4v) is 5.74. The maximum Gasteiger partial charge on any atom is 0.293 e. The van der Waals surface area contributed by atoms with Crippen LogP contribution in [0.25, 0.3) is 0 Å². The Morgan fingerprint density at radius 2 is 2.00 bits per heavy atom. The Balaban J connectivity index is 1.69. The molecule has 4 rings (SSSR count). The first-order valence-corrected chi connectivity index (χ1v) is 15.0. The molecule has 0 bridgehead atoms. The third kappa shape index (κ3) is 5.12. The van der Waals surface area contributed by atoms with Crippen LogP contribution in [0.15, 0.2) is 45.7 Å². The second kappa shape index (κ2) is 9.61. The zero-order valence-electron chi connectivity index (χ0n) is 20.2. The lowest BCUT2D eigenvalue weighted by Crippen LogP contribution is -2.44. The number of ketones is 1. The van der Waals surface area contributed by atoms with Gasteiger partial charge in [0.1, 0.15) is 11.9 Å². The number of aromatic amines is 1. The number of pyridine rings is 1. The number of nitrogens with one attached hydrogen (secondary N) is 1. The highest BCUT2D eigenvalue weighted by Gasteiger charge is 2.38. The van der Waals surface area contributed by atoms with E-state index in [9.17, 15) is 18.8 Å². The number of nitrogens with zero attached hydrogens (tertiary/aromatic N) is 2. The smallest absolute Gasteiger partial charge is 0.293 e. The van der Waals surface area contributed by atoms with Crippen molar-refractivity contribution >= 4 is 25.0 Å². The van der Waals surface area contributed by atoms with Crippen molar-refractivity contribution < 1.29 is 23.2 Å². The second-order valence-electron chi connectivity index (χ2n) is 9.55. The zero-order valence-corrected chi connectivity index (χ0v) is 21.2. The minimum atomic E-state index is -1.87. The Morgan fingerprint density at radius 3 is 2.63 bits per heavy atom. The van der Waals surface area contributed by atoms with Gasteiger partial charge in [0, 0.05) is 31.0 Å². The highest BCUT2D eigenvalue weighted by molar-refractivity contribution is 6.88. The number of amides is 1. The van der Waals surface area contributed by atoms with Gasteiger partial charge >= 0.3 is 0 Å². The minimum Gasteiger partial charge on any atom is -0.478 e. The molecule has 0 saturated carbocycles. The SMILES string of the molecule is CCOc1ccc2c(n1)CCN(C(=O)c1cc(=O)[nH]o1)[C@@H]2C(=O)Cc1ccc([Si](C)(C)C)c(F)c1. The number of carbonyl (C=O) groups excluding carboxylic acids is 2. The van der Waals surface area contributed by atoms with Crippen LogP contribution in [0.4, 0.5) is 4.39 Å². The molecule has 0 aliphatic carbocycles. The number of fused-ring (bicyclic) bond motifs is 1. The van der Waals surface area contributed by atoms with E-state index in [1.807, 2.05) is 6.92 Å². The van der Waals surface area contributed by atoms with Crippen molar-refractivity contribution in [2.75, 3.05) is 13.2 Å². The molecule has 3 heterocycles. The zero-order chi connectivity index (χ0) is 25.3. The number of benzene rings is 1. The van der Waals surface area contributed by atoms with Gasteiger partial charge in [0.05, 0.1) is 26.4 Å². The molecule has 1 aromatic carbocycles. The van der Waals surface area contributed by atoms with Gasteiger partial charge in [-0.15, -0.1) is 0 Å². The number of ether oxygens (including phenoxy) is 1. The number of aromatic nitrogens is 2. The number of Topliss-reactive ketones (excluding diaryl/α,β-unsaturated/α-hetero) is 1. The Bertz CT molecular complexity index is 1330. The van der Waals surface area contributed by atoms with Gasteiger partial charge in [-0.2, -0.15) is 5.16 Å². The van der Waals surface area contributed by atoms with Crippen LogP contribution in [-0.4, -0.2) is 48.0 Å². The molecule has 0 fully saturated rings. The van der Waals surface area contributed by atoms with Gasteiger partial charge in [-0.25, -0.2) is 9.37 Å². The normalized spacial score (nSPS) is 15.6. The third-order valence-corrected chi connectivity index (χ3v) is 8.01. The van der Waals surface area contributed by atoms with E-state index in [0.29, 0.717) is 40.9 Å². The van der Waals surface area contributed by atoms with E-state index in [1.165, 1.54) is 11.0 Å². The molecule has 0 saturated heterocycles. The maximum atomic E-state index is 14.8. The molecule has 0 radical (unpaired) electrons. The van der Waals surface area contributed by atoms with Crippen LogP contribution in [0.5, 0.6) is 5.88 Å². The summed E-state index contributed by atoms with van der Waals surface area (Å²) in [6, 6.07) is 8.42. The molecule has 3 aromatic rings. The van der Waals surface area contributed by atoms with E-state index in [1.54, 1.807) is 24.3 Å². The summed E-state index contributed by atoms with van der Waals surface area (Å²) >= 11 is 0. The molecule has 8 nitrogen and oxygen atoms in total. The molecule has 1 aliphatic rings. The van der Waals surface area contributed by atoms with Crippen LogP contribution in [0, 0.1) is 5.82 Å². The van der Waals surface area contributed by atoms with Gasteiger partial charge in [0.15, 0.2) is 5.78 Å². The van der Waals surface area contributed by atoms with E-state index >= 15 is 0 Å². The van der Waals surface area contributed by atoms with E-state index in [2.05, 4.69) is 29.8 Å². The van der Waals surface area contributed by atoms with Crippen molar-refractivity contribution in [3.8, 4) is 5.88 Å². The molecule has 35 heavy (non-hydrogen) atoms. The van der Waals surface area contributed by atoms with Crippen LogP contribution < -0.4 is 15.5 Å². The third-order valence-electron chi connectivity index (χ3n) is 5.99. The molecular formula is C25H28FN3O5Si. The quantitative estimate of drug-likeness (QED) is 0.503. The largest absolute Gasteiger partial charge is 0.478 e. The molecule has 0 spiro atoms. The molecule has 1 atom stereocenters. The van der Waals surface area contributed by atoms with Gasteiger partial charge in [-0.3, -0.25) is 14.4 Å². The molecule has 2 aromatic heterocycles. The predicted molar refractivity (Wildman–Crippen MR) is 130 cm³/mol. The summed E-state index contributed by atoms with van der Waals surface area (Å²) in [6.07, 6.45) is 0.334. The lowest BCUT2D eigenvalue weighted by molar-refractivity contribution is -0.123. The molecular weight excluding hydrogens is 469 g/mol. The molecule has 1 N–H and O–H groups in total. The van der Waals surface area contributed by atoms with Gasteiger partial charge in [-0.1, -0.05) is 31.8 Å². The summed E-state index contributed by atoms with van der Waals surface area (Å²) < 4.78 is 25.3. The number of carbonyl (C=O) groups is 2. The van der Waals surface area contributed by atoms with Crippen molar-refractivity contribution in [2.45, 2.75) is 45.4 Å². The van der Waals surface area contributed by atoms with Gasteiger partial charge in [0.25, 0.3) is 11.5 Å². The molecule has 10 heteroatoms. The number of hydrogen-bond acceptors (Lipinski definition) is 6. The van der Waals surface area contributed by atoms with Crippen LogP contribution >= 0.6 is 0 Å². The average molecular weight is 498 g/mol. The Morgan fingerprint density at radius 1 is 1.23 bits per heavy atom. The van der Waals surface area contributed by atoms with E-state index in [4.69, 9.17) is 9.26 Å². The highest BCUT2D eigenvalue weighted by atomic mass is 28.3. The highest BCUT2D eigenvalue weighted by Crippen LogP contribution is 2.33. The van der Waals surface area contributed by atoms with Crippen LogP contribution in [-0.2, 0) is 17.6 Å². The molecule has 1 aliphatic heterocycles. The van der Waals surface area contributed by atoms with Gasteiger partial charge in [0.2, 0.25) is 11.6 Å². The number of H-pyrrole nitrogens is 1. The average Bonchev–Trinajstić information content (AvgIpc) is 3.23. The Kier molecular flexibility index (Phi) is 6.75. The topological polar surface area (TPSA) is 106 Å². The summed E-state index contributed by atoms with van der Waals surface area (Å²) in [7, 11) is -1.87.